The van der Waals surface area contributed by atoms with E-state index in [4.69, 9.17) is 0 Å². The van der Waals surface area contributed by atoms with E-state index in [0.717, 1.165) is 34.6 Å². The normalized spacial score (nSPS) is 18.3. The monoisotopic (exact) mass is 573 g/mol. The average Bonchev–Trinajstić information content (AvgIpc) is 2.78. The largest absolute Gasteiger partial charge is 0.416 e. The molecule has 0 aromatic heterocycles. The number of nitrogens with one attached hydrogen (secondary N) is 3. The number of amides is 3. The molecule has 1 fully saturated rings. The van der Waals surface area contributed by atoms with Gasteiger partial charge in [0.1, 0.15) is 0 Å². The first-order valence-electron chi connectivity index (χ1n) is 10.4. The molecular weight excluding hydrogens is 550 g/mol. The van der Waals surface area contributed by atoms with Gasteiger partial charge in [-0.15, -0.1) is 0 Å². The molecule has 2 atom stereocenters. The van der Waals surface area contributed by atoms with Gasteiger partial charge in [-0.25, -0.2) is 0 Å². The summed E-state index contributed by atoms with van der Waals surface area (Å²) in [5.41, 5.74) is -0.592. The van der Waals surface area contributed by atoms with Crippen LogP contribution >= 0.6 is 22.6 Å². The van der Waals surface area contributed by atoms with Gasteiger partial charge < -0.3 is 16.0 Å². The Hall–Kier alpha value is -2.63. The number of halogens is 4. The zero-order valence-corrected chi connectivity index (χ0v) is 19.7. The highest BCUT2D eigenvalue weighted by Crippen LogP contribution is 2.29. The van der Waals surface area contributed by atoms with E-state index in [9.17, 15) is 27.6 Å². The van der Waals surface area contributed by atoms with Crippen molar-refractivity contribution in [3.8, 4) is 0 Å². The number of hydrogen-bond donors (Lipinski definition) is 3. The maximum Gasteiger partial charge on any atom is 0.416 e. The van der Waals surface area contributed by atoms with Crippen LogP contribution in [0.15, 0.2) is 48.5 Å². The van der Waals surface area contributed by atoms with Crippen molar-refractivity contribution in [2.45, 2.75) is 43.9 Å². The smallest absolute Gasteiger partial charge is 0.350 e. The van der Waals surface area contributed by atoms with Crippen LogP contribution in [-0.2, 0) is 11.0 Å². The number of hydrogen-bond acceptors (Lipinski definition) is 3. The lowest BCUT2D eigenvalue weighted by atomic mass is 9.90. The van der Waals surface area contributed by atoms with Crippen LogP contribution < -0.4 is 16.0 Å². The van der Waals surface area contributed by atoms with Gasteiger partial charge in [0.25, 0.3) is 11.8 Å². The maximum atomic E-state index is 12.8. The Morgan fingerprint density at radius 3 is 2.15 bits per heavy atom. The van der Waals surface area contributed by atoms with Crippen LogP contribution in [0, 0.1) is 3.57 Å². The van der Waals surface area contributed by atoms with Gasteiger partial charge in [0, 0.05) is 26.8 Å². The molecule has 0 bridgehead atoms. The van der Waals surface area contributed by atoms with Gasteiger partial charge in [-0.2, -0.15) is 13.2 Å². The minimum atomic E-state index is -4.56. The summed E-state index contributed by atoms with van der Waals surface area (Å²) in [5.74, 6) is -1.48. The summed E-state index contributed by atoms with van der Waals surface area (Å²) >= 11 is 2.15. The van der Waals surface area contributed by atoms with Crippen LogP contribution in [-0.4, -0.2) is 36.3 Å². The number of rotatable bonds is 6. The van der Waals surface area contributed by atoms with Crippen molar-refractivity contribution < 1.29 is 27.6 Å². The minimum absolute atomic E-state index is 0.182. The van der Waals surface area contributed by atoms with Crippen LogP contribution in [0.4, 0.5) is 13.2 Å². The van der Waals surface area contributed by atoms with E-state index in [0.29, 0.717) is 18.4 Å². The first-order chi connectivity index (χ1) is 15.6. The standard InChI is InChI=1S/C23H23F3IN3O3/c24-23(25,26)16-5-3-4-15(12-16)21(32)28-13-20(31)29-18-6-1-2-7-19(18)30-22(33)14-8-10-17(27)11-9-14/h3-5,8-12,18-19H,1-2,6-7,13H2,(H,28,32)(H,29,31)(H,30,33)/t18-,19+/m1/s1. The van der Waals surface area contributed by atoms with Crippen molar-refractivity contribution >= 4 is 40.3 Å². The molecule has 0 saturated heterocycles. The Labute approximate surface area is 202 Å². The van der Waals surface area contributed by atoms with E-state index >= 15 is 0 Å². The first kappa shape index (κ1) is 25.0. The number of carbonyl (C=O) groups is 3. The van der Waals surface area contributed by atoms with Crippen molar-refractivity contribution in [2.75, 3.05) is 6.54 Å². The summed E-state index contributed by atoms with van der Waals surface area (Å²) in [4.78, 5) is 37.1. The Bertz CT molecular complexity index is 1010. The van der Waals surface area contributed by atoms with Crippen molar-refractivity contribution in [2.24, 2.45) is 0 Å². The third-order valence-corrected chi connectivity index (χ3v) is 6.12. The fourth-order valence-electron chi connectivity index (χ4n) is 3.69. The predicted molar refractivity (Wildman–Crippen MR) is 125 cm³/mol. The van der Waals surface area contributed by atoms with Gasteiger partial charge in [-0.05, 0) is 77.9 Å². The molecule has 1 aliphatic carbocycles. The van der Waals surface area contributed by atoms with E-state index < -0.39 is 23.6 Å². The van der Waals surface area contributed by atoms with E-state index in [-0.39, 0.29) is 30.1 Å². The second-order valence-electron chi connectivity index (χ2n) is 7.81. The quantitative estimate of drug-likeness (QED) is 0.459. The van der Waals surface area contributed by atoms with E-state index in [1.54, 1.807) is 12.1 Å². The molecule has 6 nitrogen and oxygen atoms in total. The number of alkyl halides is 3. The summed E-state index contributed by atoms with van der Waals surface area (Å²) in [6.45, 7) is -0.386. The fraction of sp³-hybridized carbons (Fsp3) is 0.348. The lowest BCUT2D eigenvalue weighted by molar-refractivity contribution is -0.137. The van der Waals surface area contributed by atoms with Crippen molar-refractivity contribution in [3.63, 3.8) is 0 Å². The molecule has 0 aliphatic heterocycles. The van der Waals surface area contributed by atoms with Crippen LogP contribution in [0.1, 0.15) is 52.0 Å². The molecular formula is C23H23F3IN3O3. The van der Waals surface area contributed by atoms with E-state index in [1.165, 1.54) is 6.07 Å². The predicted octanol–water partition coefficient (Wildman–Crippen LogP) is 3.90. The number of benzene rings is 2. The second kappa shape index (κ2) is 11.0. The van der Waals surface area contributed by atoms with Gasteiger partial charge >= 0.3 is 6.18 Å². The molecule has 0 heterocycles. The molecule has 3 amide bonds. The summed E-state index contributed by atoms with van der Waals surface area (Å²) in [6.07, 6.45) is -1.39. The highest BCUT2D eigenvalue weighted by atomic mass is 127. The van der Waals surface area contributed by atoms with Crippen LogP contribution in [0.25, 0.3) is 0 Å². The Morgan fingerprint density at radius 1 is 0.879 bits per heavy atom. The molecule has 1 saturated carbocycles. The molecule has 176 valence electrons. The summed E-state index contributed by atoms with van der Waals surface area (Å²) in [7, 11) is 0. The SMILES string of the molecule is O=C(CNC(=O)c1cccc(C(F)(F)F)c1)N[C@@H]1CCCC[C@@H]1NC(=O)c1ccc(I)cc1. The lowest BCUT2D eigenvalue weighted by Gasteiger charge is -2.33. The highest BCUT2D eigenvalue weighted by Gasteiger charge is 2.31. The topological polar surface area (TPSA) is 87.3 Å². The van der Waals surface area contributed by atoms with E-state index in [2.05, 4.69) is 38.5 Å². The Kier molecular flexibility index (Phi) is 8.33. The van der Waals surface area contributed by atoms with Gasteiger partial charge in [0.15, 0.2) is 0 Å². The second-order valence-corrected chi connectivity index (χ2v) is 9.05. The molecule has 3 N–H and O–H groups in total. The fourth-order valence-corrected chi connectivity index (χ4v) is 4.05. The third-order valence-electron chi connectivity index (χ3n) is 5.40. The van der Waals surface area contributed by atoms with Crippen molar-refractivity contribution in [3.05, 3.63) is 68.8 Å². The van der Waals surface area contributed by atoms with Crippen LogP contribution in [0.3, 0.4) is 0 Å². The van der Waals surface area contributed by atoms with Gasteiger partial charge in [0.05, 0.1) is 12.1 Å². The minimum Gasteiger partial charge on any atom is -0.350 e. The Balaban J connectivity index is 1.54. The molecule has 0 unspecified atom stereocenters. The third kappa shape index (κ3) is 7.18. The molecule has 3 rings (SSSR count). The average molecular weight is 573 g/mol. The zero-order chi connectivity index (χ0) is 24.0. The summed E-state index contributed by atoms with van der Waals surface area (Å²) in [5, 5.41) is 8.15. The van der Waals surface area contributed by atoms with Gasteiger partial charge in [-0.3, -0.25) is 14.4 Å². The molecule has 1 aliphatic rings. The van der Waals surface area contributed by atoms with Gasteiger partial charge in [0.2, 0.25) is 5.91 Å². The zero-order valence-electron chi connectivity index (χ0n) is 17.5. The van der Waals surface area contributed by atoms with Gasteiger partial charge in [-0.1, -0.05) is 18.9 Å². The first-order valence-corrected chi connectivity index (χ1v) is 11.5. The lowest BCUT2D eigenvalue weighted by Crippen LogP contribution is -2.54. The van der Waals surface area contributed by atoms with Crippen molar-refractivity contribution in [1.29, 1.82) is 0 Å². The molecule has 10 heteroatoms. The highest BCUT2D eigenvalue weighted by molar-refractivity contribution is 14.1. The van der Waals surface area contributed by atoms with E-state index in [1.807, 2.05) is 12.1 Å². The molecule has 2 aromatic rings. The summed E-state index contributed by atoms with van der Waals surface area (Å²) < 4.78 is 39.5. The molecule has 0 spiro atoms. The number of carbonyl (C=O) groups excluding carboxylic acids is 3. The molecule has 33 heavy (non-hydrogen) atoms. The van der Waals surface area contributed by atoms with Crippen molar-refractivity contribution in [1.82, 2.24) is 16.0 Å². The van der Waals surface area contributed by atoms with Crippen LogP contribution in [0.2, 0.25) is 0 Å². The summed E-state index contributed by atoms with van der Waals surface area (Å²) in [6, 6.07) is 10.6. The Morgan fingerprint density at radius 2 is 1.52 bits per heavy atom. The molecule has 0 radical (unpaired) electrons. The maximum absolute atomic E-state index is 12.8. The van der Waals surface area contributed by atoms with Crippen LogP contribution in [0.5, 0.6) is 0 Å². The molecule has 2 aromatic carbocycles.